The average molecular weight is 387 g/mol. The SMILES string of the molecule is C#C.CC.O=C1CC2=C(NC/C=C\C(Br)=C/C2)c2ccccc2N1. The number of amides is 1. The van der Waals surface area contributed by atoms with Crippen molar-refractivity contribution in [2.75, 3.05) is 11.9 Å². The molecule has 0 aromatic heterocycles. The highest BCUT2D eigenvalue weighted by molar-refractivity contribution is 9.11. The summed E-state index contributed by atoms with van der Waals surface area (Å²) in [5, 5.41) is 6.42. The Labute approximate surface area is 153 Å². The number of rotatable bonds is 0. The highest BCUT2D eigenvalue weighted by atomic mass is 79.9. The lowest BCUT2D eigenvalue weighted by atomic mass is 10.0. The van der Waals surface area contributed by atoms with E-state index < -0.39 is 0 Å². The molecule has 2 N–H and O–H groups in total. The summed E-state index contributed by atoms with van der Waals surface area (Å²) >= 11 is 3.51. The molecule has 0 spiro atoms. The van der Waals surface area contributed by atoms with Gasteiger partial charge in [-0.2, -0.15) is 0 Å². The quantitative estimate of drug-likeness (QED) is 0.626. The zero-order valence-electron chi connectivity index (χ0n) is 14.1. The van der Waals surface area contributed by atoms with Crippen LogP contribution in [0.5, 0.6) is 0 Å². The summed E-state index contributed by atoms with van der Waals surface area (Å²) < 4.78 is 1.05. The fourth-order valence-electron chi connectivity index (χ4n) is 2.49. The van der Waals surface area contributed by atoms with E-state index in [1.165, 1.54) is 0 Å². The predicted octanol–water partition coefficient (Wildman–Crippen LogP) is 4.84. The lowest BCUT2D eigenvalue weighted by Gasteiger charge is -2.14. The number of halogens is 1. The van der Waals surface area contributed by atoms with Gasteiger partial charge in [0, 0.05) is 22.3 Å². The van der Waals surface area contributed by atoms with E-state index in [0.29, 0.717) is 6.42 Å². The van der Waals surface area contributed by atoms with Gasteiger partial charge in [0.25, 0.3) is 0 Å². The Hall–Kier alpha value is -2.25. The summed E-state index contributed by atoms with van der Waals surface area (Å²) in [6, 6.07) is 7.93. The Morgan fingerprint density at radius 2 is 1.88 bits per heavy atom. The molecular weight excluding hydrogens is 364 g/mol. The molecule has 1 aromatic rings. The van der Waals surface area contributed by atoms with Crippen molar-refractivity contribution in [1.29, 1.82) is 0 Å². The molecule has 0 fully saturated rings. The minimum Gasteiger partial charge on any atom is -0.381 e. The maximum absolute atomic E-state index is 12.0. The van der Waals surface area contributed by atoms with E-state index in [0.717, 1.165) is 40.0 Å². The summed E-state index contributed by atoms with van der Waals surface area (Å²) in [6.45, 7) is 4.74. The minimum atomic E-state index is 0.0426. The molecule has 3 nitrogen and oxygen atoms in total. The first kappa shape index (κ1) is 19.8. The molecule has 1 amide bonds. The van der Waals surface area contributed by atoms with Crippen molar-refractivity contribution < 1.29 is 4.79 Å². The number of anilines is 1. The van der Waals surface area contributed by atoms with Crippen molar-refractivity contribution in [2.45, 2.75) is 26.7 Å². The Kier molecular flexibility index (Phi) is 8.67. The number of hydrogen-bond donors (Lipinski definition) is 2. The number of benzene rings is 1. The topological polar surface area (TPSA) is 41.1 Å². The molecule has 0 radical (unpaired) electrons. The van der Waals surface area contributed by atoms with Crippen LogP contribution in [0.4, 0.5) is 5.69 Å². The fraction of sp³-hybridized carbons (Fsp3) is 0.250. The summed E-state index contributed by atoms with van der Waals surface area (Å²) in [6.07, 6.45) is 15.4. The van der Waals surface area contributed by atoms with Crippen LogP contribution < -0.4 is 10.6 Å². The molecule has 2 aliphatic heterocycles. The van der Waals surface area contributed by atoms with Crippen LogP contribution in [0.25, 0.3) is 5.70 Å². The van der Waals surface area contributed by atoms with Gasteiger partial charge in [-0.15, -0.1) is 12.8 Å². The molecule has 1 aromatic carbocycles. The third-order valence-electron chi connectivity index (χ3n) is 3.42. The normalized spacial score (nSPS) is 19.2. The van der Waals surface area contributed by atoms with E-state index in [2.05, 4.69) is 51.6 Å². The minimum absolute atomic E-state index is 0.0426. The second-order valence-corrected chi connectivity index (χ2v) is 5.74. The van der Waals surface area contributed by atoms with Crippen molar-refractivity contribution >= 4 is 33.2 Å². The van der Waals surface area contributed by atoms with Crippen LogP contribution in [0.3, 0.4) is 0 Å². The number of hydrogen-bond acceptors (Lipinski definition) is 2. The molecule has 2 aliphatic rings. The van der Waals surface area contributed by atoms with E-state index >= 15 is 0 Å². The molecule has 24 heavy (non-hydrogen) atoms. The van der Waals surface area contributed by atoms with E-state index in [9.17, 15) is 4.79 Å². The van der Waals surface area contributed by atoms with Gasteiger partial charge in [0.2, 0.25) is 5.91 Å². The highest BCUT2D eigenvalue weighted by Gasteiger charge is 2.20. The van der Waals surface area contributed by atoms with Crippen LogP contribution in [0, 0.1) is 12.8 Å². The number of allylic oxidation sites excluding steroid dienone is 3. The number of para-hydroxylation sites is 1. The second-order valence-electron chi connectivity index (χ2n) is 4.83. The zero-order valence-corrected chi connectivity index (χ0v) is 15.7. The molecule has 0 atom stereocenters. The number of nitrogens with one attached hydrogen (secondary N) is 2. The first-order valence-corrected chi connectivity index (χ1v) is 8.74. The Bertz CT molecular complexity index is 684. The Morgan fingerprint density at radius 3 is 2.62 bits per heavy atom. The van der Waals surface area contributed by atoms with Crippen molar-refractivity contribution in [3.05, 3.63) is 58.1 Å². The summed E-state index contributed by atoms with van der Waals surface area (Å²) in [4.78, 5) is 12.0. The van der Waals surface area contributed by atoms with Gasteiger partial charge >= 0.3 is 0 Å². The maximum atomic E-state index is 12.0. The van der Waals surface area contributed by atoms with Crippen molar-refractivity contribution in [3.63, 3.8) is 0 Å². The fourth-order valence-corrected chi connectivity index (χ4v) is 2.84. The molecule has 0 saturated carbocycles. The molecule has 4 heteroatoms. The Balaban J connectivity index is 0.000000671. The van der Waals surface area contributed by atoms with Gasteiger partial charge in [0.05, 0.1) is 12.1 Å². The third kappa shape index (κ3) is 5.14. The molecule has 2 heterocycles. The van der Waals surface area contributed by atoms with E-state index in [1.807, 2.05) is 44.2 Å². The van der Waals surface area contributed by atoms with E-state index in [4.69, 9.17) is 0 Å². The van der Waals surface area contributed by atoms with Crippen LogP contribution >= 0.6 is 15.9 Å². The number of terminal acetylenes is 1. The van der Waals surface area contributed by atoms with Crippen LogP contribution in [-0.2, 0) is 4.79 Å². The van der Waals surface area contributed by atoms with Crippen LogP contribution in [0.2, 0.25) is 0 Å². The number of carbonyl (C=O) groups is 1. The highest BCUT2D eigenvalue weighted by Crippen LogP contribution is 2.31. The number of fused-ring (bicyclic) bond motifs is 2. The molecule has 0 saturated heterocycles. The summed E-state index contributed by atoms with van der Waals surface area (Å²) in [5.41, 5.74) is 4.13. The molecule has 0 bridgehead atoms. The monoisotopic (exact) mass is 386 g/mol. The van der Waals surface area contributed by atoms with Crippen LogP contribution in [0.1, 0.15) is 32.3 Å². The van der Waals surface area contributed by atoms with E-state index in [1.54, 1.807) is 0 Å². The second kappa shape index (κ2) is 10.5. The van der Waals surface area contributed by atoms with Gasteiger partial charge in [0.1, 0.15) is 0 Å². The van der Waals surface area contributed by atoms with E-state index in [-0.39, 0.29) is 5.91 Å². The van der Waals surface area contributed by atoms with Crippen molar-refractivity contribution in [1.82, 2.24) is 5.32 Å². The van der Waals surface area contributed by atoms with Gasteiger partial charge in [-0.1, -0.05) is 66.2 Å². The molecule has 3 rings (SSSR count). The number of carbonyl (C=O) groups excluding carboxylic acids is 1. The first-order valence-electron chi connectivity index (χ1n) is 7.95. The lowest BCUT2D eigenvalue weighted by molar-refractivity contribution is -0.115. The van der Waals surface area contributed by atoms with Crippen molar-refractivity contribution in [2.24, 2.45) is 0 Å². The average Bonchev–Trinajstić information content (AvgIpc) is 2.69. The first-order chi connectivity index (χ1) is 11.7. The zero-order chi connectivity index (χ0) is 17.9. The van der Waals surface area contributed by atoms with Gasteiger partial charge in [-0.3, -0.25) is 4.79 Å². The smallest absolute Gasteiger partial charge is 0.228 e. The van der Waals surface area contributed by atoms with Crippen molar-refractivity contribution in [3.8, 4) is 12.8 Å². The molecule has 0 unspecified atom stereocenters. The Morgan fingerprint density at radius 1 is 1.17 bits per heavy atom. The predicted molar refractivity (Wildman–Crippen MR) is 107 cm³/mol. The lowest BCUT2D eigenvalue weighted by Crippen LogP contribution is -2.14. The molecular formula is C20H23BrN2O. The van der Waals surface area contributed by atoms with Gasteiger partial charge < -0.3 is 10.6 Å². The van der Waals surface area contributed by atoms with Gasteiger partial charge in [-0.25, -0.2) is 0 Å². The summed E-state index contributed by atoms with van der Waals surface area (Å²) in [5.74, 6) is 0.0426. The molecule has 0 aliphatic carbocycles. The molecule has 126 valence electrons. The summed E-state index contributed by atoms with van der Waals surface area (Å²) in [7, 11) is 0. The van der Waals surface area contributed by atoms with Gasteiger partial charge in [0.15, 0.2) is 0 Å². The van der Waals surface area contributed by atoms with Crippen LogP contribution in [0.15, 0.2) is 52.5 Å². The van der Waals surface area contributed by atoms with Crippen LogP contribution in [-0.4, -0.2) is 12.5 Å². The maximum Gasteiger partial charge on any atom is 0.228 e. The third-order valence-corrected chi connectivity index (χ3v) is 4.00. The van der Waals surface area contributed by atoms with Gasteiger partial charge in [-0.05, 0) is 18.1 Å². The largest absolute Gasteiger partial charge is 0.381 e. The standard InChI is InChI=1S/C16H15BrN2O.C2H6.C2H2/c17-12-4-3-9-18-16-11(7-8-12)10-15(20)19-14-6-2-1-5-13(14)16;2*1-2/h1-6,8,18H,7,9-10H2,(H,19,20);1-2H3;1-2H/b4-3-,12-8+;;.